The first-order chi connectivity index (χ1) is 10.1. The van der Waals surface area contributed by atoms with E-state index in [0.29, 0.717) is 0 Å². The molecule has 116 valence electrons. The topological polar surface area (TPSA) is 42.3 Å². The SMILES string of the molecule is CNC(c1cc(OC)cs1)c1c(Br)cnn1CCN(C)C. The number of methoxy groups -OCH3 is 1. The summed E-state index contributed by atoms with van der Waals surface area (Å²) >= 11 is 5.31. The fourth-order valence-corrected chi connectivity index (χ4v) is 3.63. The molecule has 1 unspecified atom stereocenters. The molecule has 2 aromatic rings. The molecule has 0 radical (unpaired) electrons. The van der Waals surface area contributed by atoms with Gasteiger partial charge in [0.15, 0.2) is 0 Å². The second-order valence-corrected chi connectivity index (χ2v) is 6.81. The number of ether oxygens (including phenoxy) is 1. The lowest BCUT2D eigenvalue weighted by atomic mass is 10.1. The molecule has 0 saturated heterocycles. The molecule has 0 aliphatic heterocycles. The summed E-state index contributed by atoms with van der Waals surface area (Å²) in [5.41, 5.74) is 1.14. The Labute approximate surface area is 138 Å². The summed E-state index contributed by atoms with van der Waals surface area (Å²) in [6.45, 7) is 1.81. The summed E-state index contributed by atoms with van der Waals surface area (Å²) in [5, 5.41) is 9.88. The molecular formula is C14H21BrN4OS. The summed E-state index contributed by atoms with van der Waals surface area (Å²) in [5.74, 6) is 0.894. The molecule has 2 rings (SSSR count). The molecule has 0 bridgehead atoms. The highest BCUT2D eigenvalue weighted by Gasteiger charge is 2.22. The van der Waals surface area contributed by atoms with Gasteiger partial charge in [-0.25, -0.2) is 0 Å². The Kier molecular flexibility index (Phi) is 5.80. The summed E-state index contributed by atoms with van der Waals surface area (Å²) in [6.07, 6.45) is 1.86. The zero-order valence-corrected chi connectivity index (χ0v) is 15.2. The average molecular weight is 373 g/mol. The van der Waals surface area contributed by atoms with Crippen LogP contribution in [0.25, 0.3) is 0 Å². The van der Waals surface area contributed by atoms with Crippen LogP contribution in [-0.2, 0) is 6.54 Å². The summed E-state index contributed by atoms with van der Waals surface area (Å²) in [4.78, 5) is 3.36. The fourth-order valence-electron chi connectivity index (χ4n) is 2.14. The third-order valence-corrected chi connectivity index (χ3v) is 4.86. The Bertz CT molecular complexity index is 581. The highest BCUT2D eigenvalue weighted by molar-refractivity contribution is 9.10. The zero-order valence-electron chi connectivity index (χ0n) is 12.8. The van der Waals surface area contributed by atoms with E-state index in [1.807, 2.05) is 18.6 Å². The van der Waals surface area contributed by atoms with E-state index in [9.17, 15) is 0 Å². The van der Waals surface area contributed by atoms with Crippen molar-refractivity contribution < 1.29 is 4.74 Å². The first kappa shape index (κ1) is 16.5. The van der Waals surface area contributed by atoms with Gasteiger partial charge in [0, 0.05) is 16.8 Å². The van der Waals surface area contributed by atoms with Crippen LogP contribution in [0.2, 0.25) is 0 Å². The number of halogens is 1. The van der Waals surface area contributed by atoms with Gasteiger partial charge in [-0.2, -0.15) is 5.10 Å². The number of likely N-dealkylation sites (N-methyl/N-ethyl adjacent to an activating group) is 1. The largest absolute Gasteiger partial charge is 0.496 e. The van der Waals surface area contributed by atoms with Crippen LogP contribution >= 0.6 is 27.3 Å². The molecule has 0 fully saturated rings. The first-order valence-corrected chi connectivity index (χ1v) is 8.39. The Balaban J connectivity index is 2.30. The Morgan fingerprint density at radius 1 is 1.52 bits per heavy atom. The molecular weight excluding hydrogens is 352 g/mol. The maximum atomic E-state index is 5.29. The van der Waals surface area contributed by atoms with E-state index in [1.54, 1.807) is 18.4 Å². The van der Waals surface area contributed by atoms with Crippen LogP contribution in [0.4, 0.5) is 0 Å². The molecule has 0 amide bonds. The number of hydrogen-bond acceptors (Lipinski definition) is 5. The van der Waals surface area contributed by atoms with Crippen molar-refractivity contribution in [3.63, 3.8) is 0 Å². The van der Waals surface area contributed by atoms with Crippen molar-refractivity contribution in [2.24, 2.45) is 0 Å². The number of nitrogens with zero attached hydrogens (tertiary/aromatic N) is 3. The van der Waals surface area contributed by atoms with Gasteiger partial charge >= 0.3 is 0 Å². The van der Waals surface area contributed by atoms with Gasteiger partial charge in [0.2, 0.25) is 0 Å². The predicted octanol–water partition coefficient (Wildman–Crippen LogP) is 2.59. The van der Waals surface area contributed by atoms with E-state index >= 15 is 0 Å². The van der Waals surface area contributed by atoms with E-state index in [-0.39, 0.29) is 6.04 Å². The monoisotopic (exact) mass is 372 g/mol. The van der Waals surface area contributed by atoms with E-state index in [4.69, 9.17) is 4.74 Å². The summed E-state index contributed by atoms with van der Waals surface area (Å²) < 4.78 is 8.36. The first-order valence-electron chi connectivity index (χ1n) is 6.72. The second-order valence-electron chi connectivity index (χ2n) is 5.01. The molecule has 1 N–H and O–H groups in total. The normalized spacial score (nSPS) is 12.9. The standard InChI is InChI=1S/C14H21BrN4OS/c1-16-13(12-7-10(20-4)9-21-12)14-11(15)8-17-19(14)6-5-18(2)3/h7-9,13,16H,5-6H2,1-4H3. The minimum absolute atomic E-state index is 0.0953. The number of rotatable bonds is 7. The maximum absolute atomic E-state index is 5.29. The van der Waals surface area contributed by atoms with Crippen LogP contribution in [0.3, 0.4) is 0 Å². The number of thiophene rings is 1. The fraction of sp³-hybridized carbons (Fsp3) is 0.500. The lowest BCUT2D eigenvalue weighted by Gasteiger charge is -2.19. The van der Waals surface area contributed by atoms with Crippen LogP contribution in [0, 0.1) is 0 Å². The van der Waals surface area contributed by atoms with Gasteiger partial charge in [-0.15, -0.1) is 11.3 Å². The lowest BCUT2D eigenvalue weighted by Crippen LogP contribution is -2.25. The smallest absolute Gasteiger partial charge is 0.129 e. The third kappa shape index (κ3) is 3.85. The van der Waals surface area contributed by atoms with Crippen molar-refractivity contribution >= 4 is 27.3 Å². The Morgan fingerprint density at radius 3 is 2.86 bits per heavy atom. The van der Waals surface area contributed by atoms with Crippen LogP contribution in [-0.4, -0.2) is 49.5 Å². The molecule has 0 aromatic carbocycles. The van der Waals surface area contributed by atoms with E-state index in [1.165, 1.54) is 4.88 Å². The van der Waals surface area contributed by atoms with Crippen molar-refractivity contribution in [3.05, 3.63) is 32.7 Å². The van der Waals surface area contributed by atoms with Crippen molar-refractivity contribution in [2.45, 2.75) is 12.6 Å². The molecule has 0 aliphatic rings. The molecule has 7 heteroatoms. The van der Waals surface area contributed by atoms with Crippen LogP contribution in [0.15, 0.2) is 22.1 Å². The van der Waals surface area contributed by atoms with E-state index in [2.05, 4.69) is 56.1 Å². The van der Waals surface area contributed by atoms with Crippen LogP contribution in [0.1, 0.15) is 16.6 Å². The molecule has 5 nitrogen and oxygen atoms in total. The summed E-state index contributed by atoms with van der Waals surface area (Å²) in [6, 6.07) is 2.17. The average Bonchev–Trinajstić information content (AvgIpc) is 3.06. The highest BCUT2D eigenvalue weighted by Crippen LogP contribution is 2.34. The minimum Gasteiger partial charge on any atom is -0.496 e. The van der Waals surface area contributed by atoms with Gasteiger partial charge < -0.3 is 15.0 Å². The third-order valence-electron chi connectivity index (χ3n) is 3.27. The molecule has 1 atom stereocenters. The van der Waals surface area contributed by atoms with Gasteiger partial charge in [0.1, 0.15) is 5.75 Å². The molecule has 2 aromatic heterocycles. The molecule has 0 spiro atoms. The van der Waals surface area contributed by atoms with E-state index in [0.717, 1.165) is 29.0 Å². The minimum atomic E-state index is 0.0953. The maximum Gasteiger partial charge on any atom is 0.129 e. The summed E-state index contributed by atoms with van der Waals surface area (Å²) in [7, 11) is 7.79. The number of hydrogen-bond donors (Lipinski definition) is 1. The zero-order chi connectivity index (χ0) is 15.4. The van der Waals surface area contributed by atoms with Gasteiger partial charge in [0.25, 0.3) is 0 Å². The van der Waals surface area contributed by atoms with Gasteiger partial charge in [-0.3, -0.25) is 4.68 Å². The molecule has 2 heterocycles. The van der Waals surface area contributed by atoms with Crippen molar-refractivity contribution in [3.8, 4) is 5.75 Å². The quantitative estimate of drug-likeness (QED) is 0.810. The van der Waals surface area contributed by atoms with Gasteiger partial charge in [0.05, 0.1) is 36.1 Å². The Hall–Kier alpha value is -0.890. The van der Waals surface area contributed by atoms with Crippen molar-refractivity contribution in [2.75, 3.05) is 34.8 Å². The molecule has 21 heavy (non-hydrogen) atoms. The second kappa shape index (κ2) is 7.40. The number of nitrogens with one attached hydrogen (secondary N) is 1. The van der Waals surface area contributed by atoms with Crippen LogP contribution in [0.5, 0.6) is 5.75 Å². The predicted molar refractivity (Wildman–Crippen MR) is 90.3 cm³/mol. The van der Waals surface area contributed by atoms with Crippen molar-refractivity contribution in [1.29, 1.82) is 0 Å². The molecule has 0 aliphatic carbocycles. The molecule has 0 saturated carbocycles. The Morgan fingerprint density at radius 2 is 2.29 bits per heavy atom. The number of aromatic nitrogens is 2. The van der Waals surface area contributed by atoms with Crippen molar-refractivity contribution in [1.82, 2.24) is 20.0 Å². The van der Waals surface area contributed by atoms with Gasteiger partial charge in [-0.1, -0.05) is 0 Å². The van der Waals surface area contributed by atoms with Gasteiger partial charge in [-0.05, 0) is 43.1 Å². The highest BCUT2D eigenvalue weighted by atomic mass is 79.9. The van der Waals surface area contributed by atoms with E-state index < -0.39 is 0 Å². The lowest BCUT2D eigenvalue weighted by molar-refractivity contribution is 0.366. The van der Waals surface area contributed by atoms with Crippen LogP contribution < -0.4 is 10.1 Å².